The molecule has 1 heterocycles. The quantitative estimate of drug-likeness (QED) is 0.229. The van der Waals surface area contributed by atoms with E-state index in [2.05, 4.69) is 22.2 Å². The lowest BCUT2D eigenvalue weighted by atomic mass is 9.97. The second-order valence-electron chi connectivity index (χ2n) is 6.63. The van der Waals surface area contributed by atoms with E-state index in [4.69, 9.17) is 34.8 Å². The standard InChI is InChI=1S/C18H23ClN9O3/c1-9(7-11-6-4-3-5-10(11)2)8-24-16(29)12-14(27(22)17(20)30)26-15(13(19)25-12)28(23)18(21)31/h3-6,9H,1,7-8,22-23H2,2H3,(H2,20,30)(H2,21,31)(H,24,29)/t9-/m1/s1. The highest BCUT2D eigenvalue weighted by molar-refractivity contribution is 6.32. The van der Waals surface area contributed by atoms with Crippen molar-refractivity contribution in [2.45, 2.75) is 13.3 Å². The van der Waals surface area contributed by atoms with E-state index in [-0.39, 0.29) is 12.5 Å². The minimum Gasteiger partial charge on any atom is -0.350 e. The second kappa shape index (κ2) is 10.0. The summed E-state index contributed by atoms with van der Waals surface area (Å²) in [6.07, 6.45) is 0.621. The Balaban J connectivity index is 2.25. The molecule has 0 unspecified atom stereocenters. The number of primary amides is 2. The van der Waals surface area contributed by atoms with Gasteiger partial charge >= 0.3 is 12.1 Å². The van der Waals surface area contributed by atoms with Crippen LogP contribution in [-0.2, 0) is 6.42 Å². The number of rotatable bonds is 7. The Hall–Kier alpha value is -3.48. The summed E-state index contributed by atoms with van der Waals surface area (Å²) in [4.78, 5) is 43.3. The number of nitrogens with one attached hydrogen (secondary N) is 1. The summed E-state index contributed by atoms with van der Waals surface area (Å²) in [5, 5.41) is 2.97. The van der Waals surface area contributed by atoms with E-state index in [1.54, 1.807) is 0 Å². The van der Waals surface area contributed by atoms with E-state index in [0.29, 0.717) is 16.4 Å². The molecule has 0 aliphatic carbocycles. The van der Waals surface area contributed by atoms with Crippen molar-refractivity contribution in [2.24, 2.45) is 29.1 Å². The normalized spacial score (nSPS) is 11.5. The van der Waals surface area contributed by atoms with Crippen LogP contribution in [0.2, 0.25) is 5.15 Å². The number of benzene rings is 1. The number of amides is 5. The van der Waals surface area contributed by atoms with E-state index >= 15 is 0 Å². The molecular weight excluding hydrogens is 426 g/mol. The Kier molecular flexibility index (Phi) is 7.69. The predicted molar refractivity (Wildman–Crippen MR) is 116 cm³/mol. The molecule has 0 saturated carbocycles. The number of hydrogen-bond acceptors (Lipinski definition) is 7. The van der Waals surface area contributed by atoms with E-state index in [9.17, 15) is 14.4 Å². The molecule has 5 amide bonds. The molecule has 1 atom stereocenters. The summed E-state index contributed by atoms with van der Waals surface area (Å²) < 4.78 is 0. The Labute approximate surface area is 183 Å². The number of carbonyl (C=O) groups is 3. The molecule has 13 heteroatoms. The zero-order valence-electron chi connectivity index (χ0n) is 16.7. The molecule has 165 valence electrons. The highest BCUT2D eigenvalue weighted by atomic mass is 35.5. The van der Waals surface area contributed by atoms with Crippen LogP contribution in [0, 0.1) is 19.8 Å². The van der Waals surface area contributed by atoms with Gasteiger partial charge in [-0.2, -0.15) is 0 Å². The van der Waals surface area contributed by atoms with Crippen LogP contribution in [0.1, 0.15) is 21.6 Å². The molecule has 31 heavy (non-hydrogen) atoms. The highest BCUT2D eigenvalue weighted by Gasteiger charge is 2.27. The van der Waals surface area contributed by atoms with Gasteiger partial charge in [-0.15, -0.1) is 0 Å². The van der Waals surface area contributed by atoms with E-state index in [1.807, 2.05) is 31.2 Å². The molecule has 1 radical (unpaired) electrons. The Morgan fingerprint density at radius 3 is 2.26 bits per heavy atom. The van der Waals surface area contributed by atoms with Crippen molar-refractivity contribution in [3.63, 3.8) is 0 Å². The van der Waals surface area contributed by atoms with Gasteiger partial charge in [0.05, 0.1) is 0 Å². The molecule has 12 nitrogen and oxygen atoms in total. The van der Waals surface area contributed by atoms with Gasteiger partial charge in [0.25, 0.3) is 5.91 Å². The van der Waals surface area contributed by atoms with Gasteiger partial charge in [0.2, 0.25) is 0 Å². The third-order valence-corrected chi connectivity index (χ3v) is 4.54. The maximum atomic E-state index is 12.7. The average Bonchev–Trinajstić information content (AvgIpc) is 2.72. The fraction of sp³-hybridized carbons (Fsp3) is 0.222. The number of urea groups is 2. The van der Waals surface area contributed by atoms with Crippen LogP contribution in [0.3, 0.4) is 0 Å². The molecule has 0 bridgehead atoms. The minimum atomic E-state index is -1.14. The van der Waals surface area contributed by atoms with Crippen molar-refractivity contribution in [1.82, 2.24) is 15.3 Å². The summed E-state index contributed by atoms with van der Waals surface area (Å²) in [6.45, 7) is 6.20. The van der Waals surface area contributed by atoms with Gasteiger partial charge in [0.15, 0.2) is 22.5 Å². The van der Waals surface area contributed by atoms with E-state index in [0.717, 1.165) is 11.1 Å². The lowest BCUT2D eigenvalue weighted by Gasteiger charge is -2.20. The van der Waals surface area contributed by atoms with Crippen LogP contribution in [0.5, 0.6) is 0 Å². The molecule has 2 rings (SSSR count). The number of nitrogens with zero attached hydrogens (tertiary/aromatic N) is 4. The van der Waals surface area contributed by atoms with Crippen LogP contribution in [0.25, 0.3) is 0 Å². The number of aromatic nitrogens is 2. The maximum Gasteiger partial charge on any atom is 0.335 e. The third-order valence-electron chi connectivity index (χ3n) is 4.29. The first-order valence-corrected chi connectivity index (χ1v) is 9.32. The minimum absolute atomic E-state index is 0.171. The molecule has 0 spiro atoms. The zero-order valence-corrected chi connectivity index (χ0v) is 17.5. The van der Waals surface area contributed by atoms with Gasteiger partial charge in [0, 0.05) is 6.54 Å². The van der Waals surface area contributed by atoms with Crippen molar-refractivity contribution in [1.29, 1.82) is 0 Å². The Morgan fingerprint density at radius 2 is 1.68 bits per heavy atom. The molecule has 0 aliphatic heterocycles. The topological polar surface area (TPSA) is 200 Å². The summed E-state index contributed by atoms with van der Waals surface area (Å²) in [5.74, 6) is 9.26. The number of nitrogens with two attached hydrogens (primary N) is 4. The van der Waals surface area contributed by atoms with Gasteiger partial charge in [0.1, 0.15) is 0 Å². The van der Waals surface area contributed by atoms with Crippen molar-refractivity contribution in [3.05, 3.63) is 53.2 Å². The van der Waals surface area contributed by atoms with E-state index in [1.165, 1.54) is 0 Å². The first-order valence-electron chi connectivity index (χ1n) is 8.94. The summed E-state index contributed by atoms with van der Waals surface area (Å²) >= 11 is 5.99. The number of hydrazine groups is 2. The SMILES string of the molecule is [CH2][C@@H](CNC(=O)c1nc(Cl)c(N(N)C(N)=O)nc1N(N)C(N)=O)Cc1ccccc1C. The van der Waals surface area contributed by atoms with Gasteiger partial charge in [-0.25, -0.2) is 41.3 Å². The van der Waals surface area contributed by atoms with Crippen molar-refractivity contribution in [2.75, 3.05) is 16.6 Å². The molecule has 1 aromatic carbocycles. The summed E-state index contributed by atoms with van der Waals surface area (Å²) in [6, 6.07) is 5.56. The first kappa shape index (κ1) is 23.8. The molecule has 9 N–H and O–H groups in total. The molecule has 2 aromatic rings. The fourth-order valence-corrected chi connectivity index (χ4v) is 2.84. The third kappa shape index (κ3) is 5.78. The monoisotopic (exact) mass is 448 g/mol. The number of carbonyl (C=O) groups excluding carboxylic acids is 3. The van der Waals surface area contributed by atoms with Gasteiger partial charge in [-0.05, 0) is 37.3 Å². The average molecular weight is 449 g/mol. The molecular formula is C18H23ClN9O3. The first-order chi connectivity index (χ1) is 14.5. The molecule has 0 aliphatic rings. The highest BCUT2D eigenvalue weighted by Crippen LogP contribution is 2.25. The zero-order chi connectivity index (χ0) is 23.3. The Morgan fingerprint density at radius 1 is 1.10 bits per heavy atom. The van der Waals surface area contributed by atoms with Crippen LogP contribution < -0.4 is 38.5 Å². The van der Waals surface area contributed by atoms with Crippen LogP contribution in [0.4, 0.5) is 21.2 Å². The summed E-state index contributed by atoms with van der Waals surface area (Å²) in [5.41, 5.74) is 12.1. The van der Waals surface area contributed by atoms with Crippen LogP contribution in [0.15, 0.2) is 24.3 Å². The van der Waals surface area contributed by atoms with Crippen LogP contribution >= 0.6 is 11.6 Å². The smallest absolute Gasteiger partial charge is 0.335 e. The summed E-state index contributed by atoms with van der Waals surface area (Å²) in [7, 11) is 0. The fourth-order valence-electron chi connectivity index (χ4n) is 2.62. The lowest BCUT2D eigenvalue weighted by molar-refractivity contribution is 0.0945. The van der Waals surface area contributed by atoms with Gasteiger partial charge in [-0.1, -0.05) is 35.9 Å². The number of halogens is 1. The van der Waals surface area contributed by atoms with Crippen molar-refractivity contribution < 1.29 is 14.4 Å². The van der Waals surface area contributed by atoms with Gasteiger partial charge < -0.3 is 16.8 Å². The van der Waals surface area contributed by atoms with Crippen LogP contribution in [-0.4, -0.2) is 34.5 Å². The molecule has 0 saturated heterocycles. The predicted octanol–water partition coefficient (Wildman–Crippen LogP) is 0.379. The molecule has 1 aromatic heterocycles. The molecule has 0 fully saturated rings. The second-order valence-corrected chi connectivity index (χ2v) is 6.99. The van der Waals surface area contributed by atoms with Crippen molar-refractivity contribution >= 4 is 41.2 Å². The van der Waals surface area contributed by atoms with Crippen molar-refractivity contribution in [3.8, 4) is 0 Å². The largest absolute Gasteiger partial charge is 0.350 e. The lowest BCUT2D eigenvalue weighted by Crippen LogP contribution is -2.46. The number of hydrogen-bond donors (Lipinski definition) is 5. The number of anilines is 2. The van der Waals surface area contributed by atoms with Gasteiger partial charge in [-0.3, -0.25) is 4.79 Å². The number of aryl methyl sites for hydroxylation is 1. The van der Waals surface area contributed by atoms with E-state index < -0.39 is 40.5 Å². The Bertz CT molecular complexity index is 1000. The maximum absolute atomic E-state index is 12.7.